The Morgan fingerprint density at radius 1 is 0.690 bits per heavy atom. The smallest absolute Gasteiger partial charge is 0.137 e. The van der Waals surface area contributed by atoms with Gasteiger partial charge in [-0.1, -0.05) is 42.5 Å². The molecule has 4 heterocycles. The second-order valence-corrected chi connectivity index (χ2v) is 6.71. The minimum atomic E-state index is 0.642. The van der Waals surface area contributed by atoms with Gasteiger partial charge in [-0.15, -0.1) is 0 Å². The van der Waals surface area contributed by atoms with Crippen molar-refractivity contribution in [1.29, 1.82) is 0 Å². The molecule has 1 aromatic carbocycles. The van der Waals surface area contributed by atoms with Gasteiger partial charge in [0.25, 0.3) is 0 Å². The van der Waals surface area contributed by atoms with E-state index in [0.29, 0.717) is 6.54 Å². The first-order chi connectivity index (χ1) is 14.4. The Balaban J connectivity index is 1.69. The van der Waals surface area contributed by atoms with Crippen LogP contribution in [-0.2, 0) is 6.54 Å². The molecule has 0 aliphatic carbocycles. The number of nitrogens with zero attached hydrogens (tertiary/aromatic N) is 5. The predicted molar refractivity (Wildman–Crippen MR) is 114 cm³/mol. The van der Waals surface area contributed by atoms with Gasteiger partial charge in [0.05, 0.1) is 35.6 Å². The highest BCUT2D eigenvalue weighted by molar-refractivity contribution is 5.78. The van der Waals surface area contributed by atoms with E-state index in [1.807, 2.05) is 85.6 Å². The predicted octanol–water partition coefficient (Wildman–Crippen LogP) is 4.85. The highest BCUT2D eigenvalue weighted by atomic mass is 15.1. The van der Waals surface area contributed by atoms with Crippen molar-refractivity contribution in [3.8, 4) is 28.5 Å². The Morgan fingerprint density at radius 3 is 2.24 bits per heavy atom. The molecule has 5 heteroatoms. The number of aromatic nitrogens is 5. The molecule has 0 amide bonds. The lowest BCUT2D eigenvalue weighted by Gasteiger charge is -2.13. The molecule has 0 fully saturated rings. The van der Waals surface area contributed by atoms with Gasteiger partial charge in [-0.2, -0.15) is 0 Å². The molecular formula is C24H19N5. The fraction of sp³-hybridized carbons (Fsp3) is 0.0417. The normalized spacial score (nSPS) is 10.9. The second kappa shape index (κ2) is 7.56. The first-order valence-corrected chi connectivity index (χ1v) is 9.50. The van der Waals surface area contributed by atoms with Crippen LogP contribution in [0.25, 0.3) is 28.5 Å². The van der Waals surface area contributed by atoms with Crippen LogP contribution in [-0.4, -0.2) is 24.1 Å². The number of rotatable bonds is 5. The summed E-state index contributed by atoms with van der Waals surface area (Å²) in [6, 6.07) is 26.3. The third-order valence-corrected chi connectivity index (χ3v) is 4.83. The molecule has 5 aromatic rings. The number of benzene rings is 1. The van der Waals surface area contributed by atoms with Crippen LogP contribution < -0.4 is 0 Å². The standard InChI is InChI=1S/C24H19N5/c1-2-9-19(10-3-1)23-24(28(18-27-23)17-20-11-4-6-14-25-20)21-12-8-16-29(21)22-13-5-7-15-26-22/h1-16,18H,17H2. The number of hydrogen-bond acceptors (Lipinski definition) is 3. The fourth-order valence-corrected chi connectivity index (χ4v) is 3.51. The van der Waals surface area contributed by atoms with Gasteiger partial charge in [-0.25, -0.2) is 9.97 Å². The third-order valence-electron chi connectivity index (χ3n) is 4.83. The molecule has 0 aliphatic heterocycles. The summed E-state index contributed by atoms with van der Waals surface area (Å²) in [5, 5.41) is 0. The van der Waals surface area contributed by atoms with Gasteiger partial charge in [-0.05, 0) is 36.4 Å². The molecule has 5 rings (SSSR count). The van der Waals surface area contributed by atoms with E-state index >= 15 is 0 Å². The van der Waals surface area contributed by atoms with Gasteiger partial charge in [0.15, 0.2) is 0 Å². The highest BCUT2D eigenvalue weighted by Gasteiger charge is 2.19. The van der Waals surface area contributed by atoms with E-state index in [0.717, 1.165) is 34.2 Å². The van der Waals surface area contributed by atoms with Crippen molar-refractivity contribution in [2.45, 2.75) is 6.54 Å². The first kappa shape index (κ1) is 17.1. The van der Waals surface area contributed by atoms with Crippen LogP contribution in [0.3, 0.4) is 0 Å². The minimum absolute atomic E-state index is 0.642. The van der Waals surface area contributed by atoms with Crippen molar-refractivity contribution in [3.05, 3.63) is 109 Å². The molecular weight excluding hydrogens is 358 g/mol. The largest absolute Gasteiger partial charge is 0.323 e. The Hall–Kier alpha value is -3.99. The van der Waals surface area contributed by atoms with Crippen LogP contribution in [0.15, 0.2) is 104 Å². The van der Waals surface area contributed by atoms with E-state index < -0.39 is 0 Å². The van der Waals surface area contributed by atoms with Crippen LogP contribution in [0, 0.1) is 0 Å². The van der Waals surface area contributed by atoms with Crippen LogP contribution in [0.4, 0.5) is 0 Å². The van der Waals surface area contributed by atoms with E-state index in [4.69, 9.17) is 4.98 Å². The van der Waals surface area contributed by atoms with E-state index in [2.05, 4.69) is 37.3 Å². The third kappa shape index (κ3) is 3.34. The van der Waals surface area contributed by atoms with Crippen LogP contribution in [0.2, 0.25) is 0 Å². The lowest BCUT2D eigenvalue weighted by molar-refractivity contribution is 0.775. The monoisotopic (exact) mass is 377 g/mol. The van der Waals surface area contributed by atoms with Gasteiger partial charge in [0.2, 0.25) is 0 Å². The molecule has 140 valence electrons. The van der Waals surface area contributed by atoms with E-state index in [1.54, 1.807) is 0 Å². The van der Waals surface area contributed by atoms with Crippen molar-refractivity contribution < 1.29 is 0 Å². The van der Waals surface area contributed by atoms with Gasteiger partial charge in [0, 0.05) is 24.2 Å². The Kier molecular flexibility index (Phi) is 4.47. The number of pyridine rings is 2. The number of imidazole rings is 1. The van der Waals surface area contributed by atoms with Crippen molar-refractivity contribution in [2.24, 2.45) is 0 Å². The SMILES string of the molecule is c1ccc(-c2ncn(Cc3ccccn3)c2-c2cccn2-c2ccccn2)cc1. The maximum Gasteiger partial charge on any atom is 0.137 e. The van der Waals surface area contributed by atoms with Crippen LogP contribution in [0.1, 0.15) is 5.69 Å². The molecule has 5 nitrogen and oxygen atoms in total. The van der Waals surface area contributed by atoms with Gasteiger partial charge < -0.3 is 4.57 Å². The molecule has 0 atom stereocenters. The molecule has 29 heavy (non-hydrogen) atoms. The summed E-state index contributed by atoms with van der Waals surface area (Å²) >= 11 is 0. The zero-order valence-electron chi connectivity index (χ0n) is 15.8. The van der Waals surface area contributed by atoms with Gasteiger partial charge in [-0.3, -0.25) is 9.55 Å². The van der Waals surface area contributed by atoms with Gasteiger partial charge >= 0.3 is 0 Å². The Labute approximate surface area is 169 Å². The lowest BCUT2D eigenvalue weighted by Crippen LogP contribution is -2.06. The van der Waals surface area contributed by atoms with Crippen LogP contribution in [0.5, 0.6) is 0 Å². The van der Waals surface area contributed by atoms with Crippen LogP contribution >= 0.6 is 0 Å². The van der Waals surface area contributed by atoms with E-state index in [-0.39, 0.29) is 0 Å². The fourth-order valence-electron chi connectivity index (χ4n) is 3.51. The summed E-state index contributed by atoms with van der Waals surface area (Å²) in [7, 11) is 0. The van der Waals surface area contributed by atoms with E-state index in [1.165, 1.54) is 0 Å². The van der Waals surface area contributed by atoms with E-state index in [9.17, 15) is 0 Å². The average Bonchev–Trinajstić information content (AvgIpc) is 3.42. The molecule has 0 spiro atoms. The molecule has 0 radical (unpaired) electrons. The zero-order valence-corrected chi connectivity index (χ0v) is 15.8. The maximum atomic E-state index is 4.77. The molecule has 0 N–H and O–H groups in total. The summed E-state index contributed by atoms with van der Waals surface area (Å²) in [5.41, 5.74) is 5.09. The quantitative estimate of drug-likeness (QED) is 0.440. The van der Waals surface area contributed by atoms with Gasteiger partial charge in [0.1, 0.15) is 5.82 Å². The zero-order chi connectivity index (χ0) is 19.5. The summed E-state index contributed by atoms with van der Waals surface area (Å²) in [6.07, 6.45) is 7.55. The Bertz CT molecular complexity index is 1210. The summed E-state index contributed by atoms with van der Waals surface area (Å²) < 4.78 is 4.25. The van der Waals surface area contributed by atoms with Crippen molar-refractivity contribution in [1.82, 2.24) is 24.1 Å². The first-order valence-electron chi connectivity index (χ1n) is 9.50. The minimum Gasteiger partial charge on any atom is -0.323 e. The topological polar surface area (TPSA) is 48.5 Å². The average molecular weight is 377 g/mol. The van der Waals surface area contributed by atoms with Crippen molar-refractivity contribution >= 4 is 0 Å². The molecule has 0 saturated carbocycles. The van der Waals surface area contributed by atoms with Crippen molar-refractivity contribution in [3.63, 3.8) is 0 Å². The molecule has 0 bridgehead atoms. The number of hydrogen-bond donors (Lipinski definition) is 0. The lowest BCUT2D eigenvalue weighted by atomic mass is 10.1. The summed E-state index contributed by atoms with van der Waals surface area (Å²) in [6.45, 7) is 0.642. The van der Waals surface area contributed by atoms with Crippen molar-refractivity contribution in [2.75, 3.05) is 0 Å². The molecule has 0 saturated heterocycles. The second-order valence-electron chi connectivity index (χ2n) is 6.71. The molecule has 0 aliphatic rings. The summed E-state index contributed by atoms with van der Waals surface area (Å²) in [4.78, 5) is 13.8. The summed E-state index contributed by atoms with van der Waals surface area (Å²) in [5.74, 6) is 0.872. The molecule has 4 aromatic heterocycles. The Morgan fingerprint density at radius 2 is 1.48 bits per heavy atom. The maximum absolute atomic E-state index is 4.77. The highest BCUT2D eigenvalue weighted by Crippen LogP contribution is 2.33. The molecule has 0 unspecified atom stereocenters.